The first kappa shape index (κ1) is 21.2. The highest BCUT2D eigenvalue weighted by Gasteiger charge is 2.35. The van der Waals surface area contributed by atoms with Gasteiger partial charge in [-0.25, -0.2) is 0 Å². The van der Waals surface area contributed by atoms with Gasteiger partial charge in [0.2, 0.25) is 0 Å². The van der Waals surface area contributed by atoms with Crippen LogP contribution >= 0.6 is 0 Å². The molecule has 0 amide bonds. The molecule has 0 spiro atoms. The second-order valence-corrected chi connectivity index (χ2v) is 8.32. The Balaban J connectivity index is 1.46. The lowest BCUT2D eigenvalue weighted by molar-refractivity contribution is 0.0975. The van der Waals surface area contributed by atoms with E-state index in [1.54, 1.807) is 44.6 Å². The number of ketones is 2. The summed E-state index contributed by atoms with van der Waals surface area (Å²) >= 11 is 0. The minimum atomic E-state index is -0.185. The van der Waals surface area contributed by atoms with Gasteiger partial charge >= 0.3 is 0 Å². The predicted octanol–water partition coefficient (Wildman–Crippen LogP) is 3.80. The average Bonchev–Trinajstić information content (AvgIpc) is 2.87. The highest BCUT2D eigenvalue weighted by atomic mass is 16.5. The van der Waals surface area contributed by atoms with Crippen LogP contribution < -0.4 is 14.4 Å². The Hall–Kier alpha value is -3.64. The molecule has 0 N–H and O–H groups in total. The molecule has 0 radical (unpaired) electrons. The molecule has 33 heavy (non-hydrogen) atoms. The maximum Gasteiger partial charge on any atom is 0.198 e. The molecule has 0 saturated carbocycles. The van der Waals surface area contributed by atoms with Gasteiger partial charge in [0.05, 0.1) is 25.3 Å². The van der Waals surface area contributed by atoms with Crippen LogP contribution in [0.25, 0.3) is 0 Å². The molecule has 1 aliphatic carbocycles. The van der Waals surface area contributed by atoms with Crippen molar-refractivity contribution in [2.45, 2.75) is 6.54 Å². The van der Waals surface area contributed by atoms with E-state index >= 15 is 0 Å². The number of piperazine rings is 1. The van der Waals surface area contributed by atoms with Crippen molar-refractivity contribution in [3.05, 3.63) is 88.5 Å². The summed E-state index contributed by atoms with van der Waals surface area (Å²) in [5, 5.41) is 0. The van der Waals surface area contributed by atoms with Crippen molar-refractivity contribution < 1.29 is 19.1 Å². The number of methoxy groups -OCH3 is 2. The number of carbonyl (C=O) groups excluding carboxylic acids is 2. The second-order valence-electron chi connectivity index (χ2n) is 8.32. The van der Waals surface area contributed by atoms with E-state index in [-0.39, 0.29) is 11.6 Å². The van der Waals surface area contributed by atoms with E-state index in [0.29, 0.717) is 40.3 Å². The molecule has 3 aromatic rings. The summed E-state index contributed by atoms with van der Waals surface area (Å²) in [6.07, 6.45) is 0. The third-order valence-corrected chi connectivity index (χ3v) is 6.53. The summed E-state index contributed by atoms with van der Waals surface area (Å²) < 4.78 is 11.4. The monoisotopic (exact) mass is 442 g/mol. The number of para-hydroxylation sites is 1. The second kappa shape index (κ2) is 8.71. The highest BCUT2D eigenvalue weighted by Crippen LogP contribution is 2.41. The third-order valence-electron chi connectivity index (χ3n) is 6.53. The van der Waals surface area contributed by atoms with Crippen LogP contribution in [0.2, 0.25) is 0 Å². The molecular formula is C27H26N2O4. The Bertz CT molecular complexity index is 1210. The summed E-state index contributed by atoms with van der Waals surface area (Å²) in [7, 11) is 3.13. The largest absolute Gasteiger partial charge is 0.496 e. The van der Waals surface area contributed by atoms with Gasteiger partial charge in [-0.15, -0.1) is 0 Å². The van der Waals surface area contributed by atoms with Crippen molar-refractivity contribution in [1.82, 2.24) is 4.90 Å². The molecule has 1 fully saturated rings. The lowest BCUT2D eigenvalue weighted by Crippen LogP contribution is -2.46. The van der Waals surface area contributed by atoms with E-state index in [4.69, 9.17) is 9.47 Å². The number of hydrogen-bond donors (Lipinski definition) is 0. The Morgan fingerprint density at radius 3 is 2.03 bits per heavy atom. The van der Waals surface area contributed by atoms with Gasteiger partial charge in [-0.2, -0.15) is 0 Å². The molecule has 6 nitrogen and oxygen atoms in total. The van der Waals surface area contributed by atoms with Crippen molar-refractivity contribution in [3.63, 3.8) is 0 Å². The van der Waals surface area contributed by atoms with Gasteiger partial charge in [-0.1, -0.05) is 42.5 Å². The van der Waals surface area contributed by atoms with Crippen LogP contribution in [0.4, 0.5) is 5.69 Å². The first-order chi connectivity index (χ1) is 16.1. The van der Waals surface area contributed by atoms with Gasteiger partial charge in [-0.3, -0.25) is 14.5 Å². The predicted molar refractivity (Wildman–Crippen MR) is 127 cm³/mol. The lowest BCUT2D eigenvalue weighted by atomic mass is 9.82. The van der Waals surface area contributed by atoms with E-state index in [1.807, 2.05) is 6.07 Å². The minimum absolute atomic E-state index is 0.181. The fraction of sp³-hybridized carbons (Fsp3) is 0.259. The van der Waals surface area contributed by atoms with Gasteiger partial charge < -0.3 is 14.4 Å². The van der Waals surface area contributed by atoms with Gasteiger partial charge in [0.15, 0.2) is 11.6 Å². The molecule has 1 heterocycles. The summed E-state index contributed by atoms with van der Waals surface area (Å²) in [6.45, 7) is 4.13. The maximum atomic E-state index is 13.4. The smallest absolute Gasteiger partial charge is 0.198 e. The molecule has 0 bridgehead atoms. The van der Waals surface area contributed by atoms with Crippen LogP contribution in [0.5, 0.6) is 11.5 Å². The number of fused-ring (bicyclic) bond motifs is 2. The van der Waals surface area contributed by atoms with Crippen LogP contribution in [0, 0.1) is 0 Å². The normalized spacial score (nSPS) is 15.8. The first-order valence-electron chi connectivity index (χ1n) is 11.1. The molecule has 0 unspecified atom stereocenters. The lowest BCUT2D eigenvalue weighted by Gasteiger charge is -2.36. The molecule has 2 aliphatic rings. The molecule has 0 aromatic heterocycles. The van der Waals surface area contributed by atoms with Crippen molar-refractivity contribution in [3.8, 4) is 11.5 Å². The molecule has 0 atom stereocenters. The Labute approximate surface area is 193 Å². The number of carbonyl (C=O) groups is 2. The van der Waals surface area contributed by atoms with Crippen molar-refractivity contribution in [2.24, 2.45) is 0 Å². The van der Waals surface area contributed by atoms with Gasteiger partial charge in [0, 0.05) is 55.1 Å². The molecular weight excluding hydrogens is 416 g/mol. The third kappa shape index (κ3) is 3.66. The topological polar surface area (TPSA) is 59.1 Å². The van der Waals surface area contributed by atoms with Crippen LogP contribution in [0.15, 0.2) is 60.7 Å². The summed E-state index contributed by atoms with van der Waals surface area (Å²) in [4.78, 5) is 31.3. The van der Waals surface area contributed by atoms with Gasteiger partial charge in [0.25, 0.3) is 0 Å². The minimum Gasteiger partial charge on any atom is -0.496 e. The molecule has 1 saturated heterocycles. The van der Waals surface area contributed by atoms with E-state index in [9.17, 15) is 9.59 Å². The number of hydrogen-bond acceptors (Lipinski definition) is 6. The quantitative estimate of drug-likeness (QED) is 0.469. The number of benzene rings is 3. The number of nitrogens with zero attached hydrogens (tertiary/aromatic N) is 2. The first-order valence-corrected chi connectivity index (χ1v) is 11.1. The molecule has 3 aromatic carbocycles. The van der Waals surface area contributed by atoms with Crippen LogP contribution in [-0.4, -0.2) is 56.9 Å². The standard InChI is InChI=1S/C27H26N2O4/c1-32-23-16-21-24(26(31)20-11-7-6-10-19(20)25(21)30)27(33-2)22(23)17-28-12-14-29(15-13-28)18-8-4-3-5-9-18/h3-11,16H,12-15,17H2,1-2H3. The van der Waals surface area contributed by atoms with Gasteiger partial charge in [0.1, 0.15) is 11.5 Å². The van der Waals surface area contributed by atoms with E-state index in [2.05, 4.69) is 34.1 Å². The maximum absolute atomic E-state index is 13.4. The van der Waals surface area contributed by atoms with Crippen LogP contribution in [0.1, 0.15) is 37.4 Å². The summed E-state index contributed by atoms with van der Waals surface area (Å²) in [5.74, 6) is 0.633. The SMILES string of the molecule is COc1cc2c(c(OC)c1CN1CCN(c3ccccc3)CC1)C(=O)c1ccccc1C2=O. The molecule has 168 valence electrons. The Kier molecular flexibility index (Phi) is 5.60. The zero-order valence-electron chi connectivity index (χ0n) is 18.8. The fourth-order valence-electron chi connectivity index (χ4n) is 4.82. The number of anilines is 1. The number of ether oxygens (including phenoxy) is 2. The Morgan fingerprint density at radius 2 is 1.39 bits per heavy atom. The zero-order chi connectivity index (χ0) is 22.9. The number of rotatable bonds is 5. The Morgan fingerprint density at radius 1 is 0.758 bits per heavy atom. The highest BCUT2D eigenvalue weighted by molar-refractivity contribution is 6.29. The zero-order valence-corrected chi connectivity index (χ0v) is 18.8. The van der Waals surface area contributed by atoms with E-state index in [0.717, 1.165) is 31.7 Å². The van der Waals surface area contributed by atoms with Crippen LogP contribution in [-0.2, 0) is 6.54 Å². The van der Waals surface area contributed by atoms with E-state index in [1.165, 1.54) is 5.69 Å². The van der Waals surface area contributed by atoms with Crippen molar-refractivity contribution >= 4 is 17.3 Å². The molecule has 5 rings (SSSR count). The van der Waals surface area contributed by atoms with E-state index < -0.39 is 0 Å². The molecule has 6 heteroatoms. The van der Waals surface area contributed by atoms with Gasteiger partial charge in [-0.05, 0) is 18.2 Å². The summed E-state index contributed by atoms with van der Waals surface area (Å²) in [6, 6.07) is 19.0. The van der Waals surface area contributed by atoms with Crippen molar-refractivity contribution in [2.75, 3.05) is 45.3 Å². The fourth-order valence-corrected chi connectivity index (χ4v) is 4.82. The molecule has 1 aliphatic heterocycles. The summed E-state index contributed by atoms with van der Waals surface area (Å²) in [5.41, 5.74) is 3.53. The average molecular weight is 443 g/mol. The van der Waals surface area contributed by atoms with Crippen LogP contribution in [0.3, 0.4) is 0 Å². The van der Waals surface area contributed by atoms with Crippen molar-refractivity contribution in [1.29, 1.82) is 0 Å².